The summed E-state index contributed by atoms with van der Waals surface area (Å²) < 4.78 is 10.7. The Balaban J connectivity index is 1.98. The van der Waals surface area contributed by atoms with Crippen LogP contribution in [-0.4, -0.2) is 48.9 Å². The summed E-state index contributed by atoms with van der Waals surface area (Å²) in [6.45, 7) is 4.69. The number of aliphatic hydroxyl groups is 1. The molecule has 0 aromatic carbocycles. The molecule has 0 fully saturated rings. The standard InChI is InChI=1S/C16H21N3O5S/c1-16(2)7-10-11(8-17)15(25-12(10)9-24-16)19-14(22)13(21)18-3-5-23-6-4-20/h20H,3-7,9H2,1-2H3,(H,18,21)(H,19,22). The van der Waals surface area contributed by atoms with Gasteiger partial charge in [0.1, 0.15) is 11.1 Å². The lowest BCUT2D eigenvalue weighted by Crippen LogP contribution is -2.37. The van der Waals surface area contributed by atoms with E-state index in [1.54, 1.807) is 0 Å². The molecule has 2 amide bonds. The quantitative estimate of drug-likeness (QED) is 0.498. The fourth-order valence-corrected chi connectivity index (χ4v) is 3.48. The third-order valence-electron chi connectivity index (χ3n) is 3.60. The van der Waals surface area contributed by atoms with Gasteiger partial charge in [-0.2, -0.15) is 5.26 Å². The maximum Gasteiger partial charge on any atom is 0.314 e. The van der Waals surface area contributed by atoms with Crippen LogP contribution in [0.3, 0.4) is 0 Å². The zero-order valence-electron chi connectivity index (χ0n) is 14.2. The molecule has 9 heteroatoms. The van der Waals surface area contributed by atoms with Gasteiger partial charge in [0, 0.05) is 17.8 Å². The number of aliphatic hydroxyl groups excluding tert-OH is 1. The average molecular weight is 367 g/mol. The Morgan fingerprint density at radius 2 is 2.16 bits per heavy atom. The average Bonchev–Trinajstić information content (AvgIpc) is 2.89. The maximum atomic E-state index is 12.0. The molecule has 3 N–H and O–H groups in total. The van der Waals surface area contributed by atoms with E-state index in [0.29, 0.717) is 23.6 Å². The van der Waals surface area contributed by atoms with E-state index >= 15 is 0 Å². The molecule has 2 heterocycles. The van der Waals surface area contributed by atoms with Crippen LogP contribution in [0.15, 0.2) is 0 Å². The zero-order valence-corrected chi connectivity index (χ0v) is 15.0. The third-order valence-corrected chi connectivity index (χ3v) is 4.72. The van der Waals surface area contributed by atoms with E-state index in [4.69, 9.17) is 14.6 Å². The molecule has 1 aliphatic heterocycles. The number of hydrogen-bond donors (Lipinski definition) is 3. The summed E-state index contributed by atoms with van der Waals surface area (Å²) in [5.74, 6) is -1.64. The SMILES string of the molecule is CC1(C)Cc2c(sc(NC(=O)C(=O)NCCOCCO)c2C#N)CO1. The van der Waals surface area contributed by atoms with Crippen LogP contribution in [0.4, 0.5) is 5.00 Å². The van der Waals surface area contributed by atoms with Crippen LogP contribution >= 0.6 is 11.3 Å². The van der Waals surface area contributed by atoms with E-state index in [-0.39, 0.29) is 32.0 Å². The molecule has 2 rings (SSSR count). The summed E-state index contributed by atoms with van der Waals surface area (Å²) in [5, 5.41) is 23.3. The Labute approximate surface area is 149 Å². The molecule has 1 aromatic rings. The number of carbonyl (C=O) groups excluding carboxylic acids is 2. The summed E-state index contributed by atoms with van der Waals surface area (Å²) in [5.41, 5.74) is 0.896. The van der Waals surface area contributed by atoms with Crippen molar-refractivity contribution in [2.24, 2.45) is 0 Å². The van der Waals surface area contributed by atoms with Crippen LogP contribution in [-0.2, 0) is 32.1 Å². The predicted molar refractivity (Wildman–Crippen MR) is 91.2 cm³/mol. The summed E-state index contributed by atoms with van der Waals surface area (Å²) >= 11 is 1.26. The number of hydrogen-bond acceptors (Lipinski definition) is 7. The number of nitrogens with zero attached hydrogens (tertiary/aromatic N) is 1. The predicted octanol–water partition coefficient (Wildman–Crippen LogP) is 0.535. The van der Waals surface area contributed by atoms with Gasteiger partial charge in [0.05, 0.1) is 37.6 Å². The highest BCUT2D eigenvalue weighted by Gasteiger charge is 2.32. The normalized spacial score (nSPS) is 15.1. The van der Waals surface area contributed by atoms with Crippen molar-refractivity contribution in [3.8, 4) is 6.07 Å². The molecule has 0 saturated heterocycles. The van der Waals surface area contributed by atoms with E-state index < -0.39 is 11.8 Å². The molecule has 25 heavy (non-hydrogen) atoms. The first-order chi connectivity index (χ1) is 11.9. The molecular weight excluding hydrogens is 346 g/mol. The first-order valence-corrected chi connectivity index (χ1v) is 8.66. The largest absolute Gasteiger partial charge is 0.394 e. The van der Waals surface area contributed by atoms with Gasteiger partial charge in [-0.25, -0.2) is 0 Å². The number of anilines is 1. The van der Waals surface area contributed by atoms with Gasteiger partial charge in [-0.3, -0.25) is 9.59 Å². The van der Waals surface area contributed by atoms with Crippen LogP contribution in [0.2, 0.25) is 0 Å². The Morgan fingerprint density at radius 1 is 1.40 bits per heavy atom. The molecule has 0 unspecified atom stereocenters. The van der Waals surface area contributed by atoms with Crippen LogP contribution in [0, 0.1) is 11.3 Å². The molecule has 136 valence electrons. The van der Waals surface area contributed by atoms with Crippen LogP contribution < -0.4 is 10.6 Å². The minimum Gasteiger partial charge on any atom is -0.394 e. The van der Waals surface area contributed by atoms with Gasteiger partial charge < -0.3 is 25.2 Å². The van der Waals surface area contributed by atoms with Gasteiger partial charge in [0.15, 0.2) is 0 Å². The van der Waals surface area contributed by atoms with Crippen LogP contribution in [0.5, 0.6) is 0 Å². The minimum absolute atomic E-state index is 0.102. The summed E-state index contributed by atoms with van der Waals surface area (Å²) in [6.07, 6.45) is 0.575. The van der Waals surface area contributed by atoms with Gasteiger partial charge in [0.25, 0.3) is 0 Å². The van der Waals surface area contributed by atoms with Crippen molar-refractivity contribution in [2.45, 2.75) is 32.5 Å². The number of nitrogens with one attached hydrogen (secondary N) is 2. The van der Waals surface area contributed by atoms with Crippen molar-refractivity contribution >= 4 is 28.2 Å². The molecule has 0 saturated carbocycles. The fourth-order valence-electron chi connectivity index (χ4n) is 2.40. The highest BCUT2D eigenvalue weighted by atomic mass is 32.1. The van der Waals surface area contributed by atoms with E-state index in [1.807, 2.05) is 13.8 Å². The number of fused-ring (bicyclic) bond motifs is 1. The lowest BCUT2D eigenvalue weighted by molar-refractivity contribution is -0.136. The van der Waals surface area contributed by atoms with Gasteiger partial charge in [-0.1, -0.05) is 0 Å². The van der Waals surface area contributed by atoms with Gasteiger partial charge >= 0.3 is 11.8 Å². The number of nitriles is 1. The maximum absolute atomic E-state index is 12.0. The number of rotatable bonds is 6. The van der Waals surface area contributed by atoms with Crippen molar-refractivity contribution in [2.75, 3.05) is 31.7 Å². The zero-order chi connectivity index (χ0) is 18.4. The first kappa shape index (κ1) is 19.3. The molecule has 1 aliphatic rings. The highest BCUT2D eigenvalue weighted by Crippen LogP contribution is 2.39. The lowest BCUT2D eigenvalue weighted by Gasteiger charge is -2.29. The van der Waals surface area contributed by atoms with E-state index in [1.165, 1.54) is 11.3 Å². The number of ether oxygens (including phenoxy) is 2. The lowest BCUT2D eigenvalue weighted by atomic mass is 9.93. The molecule has 0 radical (unpaired) electrons. The van der Waals surface area contributed by atoms with E-state index in [9.17, 15) is 14.9 Å². The van der Waals surface area contributed by atoms with Crippen molar-refractivity contribution in [3.05, 3.63) is 16.0 Å². The first-order valence-electron chi connectivity index (χ1n) is 7.84. The minimum atomic E-state index is -0.836. The van der Waals surface area contributed by atoms with Crippen molar-refractivity contribution in [3.63, 3.8) is 0 Å². The fraction of sp³-hybridized carbons (Fsp3) is 0.562. The molecule has 1 aromatic heterocycles. The number of thiophene rings is 1. The molecular formula is C16H21N3O5S. The Bertz CT molecular complexity index is 693. The summed E-state index contributed by atoms with van der Waals surface area (Å²) in [4.78, 5) is 24.7. The summed E-state index contributed by atoms with van der Waals surface area (Å²) in [6, 6.07) is 2.12. The molecule has 0 bridgehead atoms. The third kappa shape index (κ3) is 4.99. The monoisotopic (exact) mass is 367 g/mol. The van der Waals surface area contributed by atoms with Crippen LogP contribution in [0.25, 0.3) is 0 Å². The second-order valence-electron chi connectivity index (χ2n) is 6.09. The molecule has 8 nitrogen and oxygen atoms in total. The van der Waals surface area contributed by atoms with E-state index in [2.05, 4.69) is 16.7 Å². The topological polar surface area (TPSA) is 121 Å². The Morgan fingerprint density at radius 3 is 2.84 bits per heavy atom. The van der Waals surface area contributed by atoms with Crippen molar-refractivity contribution in [1.82, 2.24) is 5.32 Å². The number of carbonyl (C=O) groups is 2. The van der Waals surface area contributed by atoms with Crippen molar-refractivity contribution < 1.29 is 24.2 Å². The van der Waals surface area contributed by atoms with Crippen molar-refractivity contribution in [1.29, 1.82) is 5.26 Å². The second-order valence-corrected chi connectivity index (χ2v) is 7.20. The van der Waals surface area contributed by atoms with Crippen LogP contribution in [0.1, 0.15) is 29.9 Å². The van der Waals surface area contributed by atoms with E-state index in [0.717, 1.165) is 10.4 Å². The Kier molecular flexibility index (Phi) is 6.50. The number of amides is 2. The highest BCUT2D eigenvalue weighted by molar-refractivity contribution is 7.16. The van der Waals surface area contributed by atoms with Gasteiger partial charge in [0.2, 0.25) is 0 Å². The molecule has 0 aliphatic carbocycles. The van der Waals surface area contributed by atoms with Gasteiger partial charge in [-0.15, -0.1) is 11.3 Å². The smallest absolute Gasteiger partial charge is 0.314 e. The second kappa shape index (κ2) is 8.40. The molecule has 0 spiro atoms. The Hall–Kier alpha value is -1.99. The molecule has 0 atom stereocenters. The summed E-state index contributed by atoms with van der Waals surface area (Å²) in [7, 11) is 0. The van der Waals surface area contributed by atoms with Gasteiger partial charge in [-0.05, 0) is 19.4 Å².